The van der Waals surface area contributed by atoms with E-state index in [1.165, 1.54) is 28.6 Å². The van der Waals surface area contributed by atoms with Crippen molar-refractivity contribution >= 4 is 27.3 Å². The smallest absolute Gasteiger partial charge is 0.243 e. The highest BCUT2D eigenvalue weighted by molar-refractivity contribution is 7.89. The molecule has 1 saturated heterocycles. The van der Waals surface area contributed by atoms with Gasteiger partial charge in [-0.25, -0.2) is 17.5 Å². The molecule has 1 fully saturated rings. The molecule has 0 aliphatic carbocycles. The number of hydrogen-bond donors (Lipinski definition) is 1. The number of rotatable bonds is 6. The van der Waals surface area contributed by atoms with Gasteiger partial charge >= 0.3 is 0 Å². The predicted molar refractivity (Wildman–Crippen MR) is 105 cm³/mol. The molecule has 6 nitrogen and oxygen atoms in total. The number of likely N-dealkylation sites (tertiary alicyclic amines) is 1. The van der Waals surface area contributed by atoms with Crippen LogP contribution in [0.25, 0.3) is 0 Å². The van der Waals surface area contributed by atoms with E-state index in [4.69, 9.17) is 0 Å². The fourth-order valence-electron chi connectivity index (χ4n) is 3.66. The molecule has 150 valence electrons. The molecule has 0 atom stereocenters. The molecule has 9 heteroatoms. The summed E-state index contributed by atoms with van der Waals surface area (Å²) in [6, 6.07) is 7.74. The maximum atomic E-state index is 13.7. The van der Waals surface area contributed by atoms with E-state index in [0.29, 0.717) is 19.1 Å². The van der Waals surface area contributed by atoms with Crippen molar-refractivity contribution in [1.29, 1.82) is 0 Å². The topological polar surface area (TPSA) is 69.7 Å². The first-order valence-corrected chi connectivity index (χ1v) is 11.6. The highest BCUT2D eigenvalue weighted by Gasteiger charge is 2.36. The van der Waals surface area contributed by atoms with E-state index in [-0.39, 0.29) is 18.9 Å². The monoisotopic (exact) mass is 423 g/mol. The van der Waals surface area contributed by atoms with E-state index in [1.807, 2.05) is 11.3 Å². The summed E-state index contributed by atoms with van der Waals surface area (Å²) in [7, 11) is -3.95. The predicted octanol–water partition coefficient (Wildman–Crippen LogP) is 1.82. The van der Waals surface area contributed by atoms with Gasteiger partial charge < -0.3 is 4.90 Å². The van der Waals surface area contributed by atoms with Crippen LogP contribution in [0.4, 0.5) is 4.39 Å². The zero-order valence-corrected chi connectivity index (χ0v) is 16.9. The highest BCUT2D eigenvalue weighted by Crippen LogP contribution is 2.27. The number of amides is 1. The zero-order valence-electron chi connectivity index (χ0n) is 15.3. The van der Waals surface area contributed by atoms with E-state index in [0.717, 1.165) is 25.6 Å². The summed E-state index contributed by atoms with van der Waals surface area (Å²) in [6.07, 6.45) is 1.13. The molecular formula is C19H22FN3O3S2. The first kappa shape index (κ1) is 19.5. The van der Waals surface area contributed by atoms with Crippen LogP contribution in [0, 0.1) is 5.82 Å². The van der Waals surface area contributed by atoms with Gasteiger partial charge in [-0.2, -0.15) is 0 Å². The number of carbonyl (C=O) groups excluding carboxylic acids is 1. The Kier molecular flexibility index (Phi) is 5.50. The Labute approximate surface area is 168 Å². The average Bonchev–Trinajstić information content (AvgIpc) is 3.08. The van der Waals surface area contributed by atoms with E-state index < -0.39 is 20.7 Å². The Balaban J connectivity index is 1.22. The first-order chi connectivity index (χ1) is 13.4. The van der Waals surface area contributed by atoms with Crippen molar-refractivity contribution in [2.75, 3.05) is 26.2 Å². The number of thiophene rings is 1. The van der Waals surface area contributed by atoms with E-state index in [1.54, 1.807) is 4.90 Å². The second-order valence-corrected chi connectivity index (χ2v) is 9.86. The summed E-state index contributed by atoms with van der Waals surface area (Å²) >= 11 is 1.81. The van der Waals surface area contributed by atoms with Gasteiger partial charge in [-0.15, -0.1) is 11.3 Å². The molecule has 28 heavy (non-hydrogen) atoms. The van der Waals surface area contributed by atoms with Crippen LogP contribution in [0.2, 0.25) is 0 Å². The standard InChI is InChI=1S/C19H22FN3O3S2/c20-16-3-1-2-4-18(16)28(25,26)21-8-5-19(24)23-12-15(13-23)22-9-6-17-14(11-22)7-10-27-17/h1-4,7,10,15,21H,5-6,8-9,11-13H2. The van der Waals surface area contributed by atoms with Gasteiger partial charge in [-0.05, 0) is 35.6 Å². The van der Waals surface area contributed by atoms with Crippen molar-refractivity contribution in [3.63, 3.8) is 0 Å². The Bertz CT molecular complexity index is 970. The van der Waals surface area contributed by atoms with Crippen molar-refractivity contribution in [3.05, 3.63) is 52.0 Å². The molecule has 0 unspecified atom stereocenters. The summed E-state index contributed by atoms with van der Waals surface area (Å²) in [4.78, 5) is 17.5. The number of sulfonamides is 1. The van der Waals surface area contributed by atoms with E-state index in [2.05, 4.69) is 21.1 Å². The lowest BCUT2D eigenvalue weighted by Crippen LogP contribution is -2.61. The maximum absolute atomic E-state index is 13.7. The van der Waals surface area contributed by atoms with Crippen molar-refractivity contribution in [2.24, 2.45) is 0 Å². The minimum atomic E-state index is -3.95. The molecule has 0 radical (unpaired) electrons. The number of benzene rings is 1. The molecule has 4 rings (SSSR count). The van der Waals surface area contributed by atoms with Crippen molar-refractivity contribution in [2.45, 2.75) is 30.3 Å². The lowest BCUT2D eigenvalue weighted by molar-refractivity contribution is -0.138. The Morgan fingerprint density at radius 2 is 2.04 bits per heavy atom. The molecular weight excluding hydrogens is 401 g/mol. The minimum Gasteiger partial charge on any atom is -0.339 e. The largest absolute Gasteiger partial charge is 0.339 e. The molecule has 1 amide bonds. The Morgan fingerprint density at radius 1 is 1.25 bits per heavy atom. The Hall–Kier alpha value is -1.81. The molecule has 0 spiro atoms. The van der Waals surface area contributed by atoms with Gasteiger partial charge in [-0.3, -0.25) is 9.69 Å². The summed E-state index contributed by atoms with van der Waals surface area (Å²) in [5.41, 5.74) is 1.39. The fourth-order valence-corrected chi connectivity index (χ4v) is 5.66. The summed E-state index contributed by atoms with van der Waals surface area (Å²) in [5.74, 6) is -0.886. The van der Waals surface area contributed by atoms with E-state index in [9.17, 15) is 17.6 Å². The number of nitrogens with zero attached hydrogens (tertiary/aromatic N) is 2. The third kappa shape index (κ3) is 3.98. The van der Waals surface area contributed by atoms with Gasteiger partial charge in [0.2, 0.25) is 15.9 Å². The molecule has 3 heterocycles. The maximum Gasteiger partial charge on any atom is 0.243 e. The van der Waals surface area contributed by atoms with Gasteiger partial charge in [0.1, 0.15) is 10.7 Å². The van der Waals surface area contributed by atoms with Crippen LogP contribution in [-0.4, -0.2) is 56.3 Å². The zero-order chi connectivity index (χ0) is 19.7. The summed E-state index contributed by atoms with van der Waals surface area (Å²) < 4.78 is 40.3. The SMILES string of the molecule is O=C(CCNS(=O)(=O)c1ccccc1F)N1CC(N2CCc3sccc3C2)C1. The van der Waals surface area contributed by atoms with Gasteiger partial charge in [0.05, 0.1) is 0 Å². The number of carbonyl (C=O) groups is 1. The van der Waals surface area contributed by atoms with Crippen LogP contribution in [0.1, 0.15) is 16.9 Å². The third-order valence-corrected chi connectivity index (χ3v) is 7.84. The van der Waals surface area contributed by atoms with Crippen LogP contribution >= 0.6 is 11.3 Å². The average molecular weight is 424 g/mol. The Morgan fingerprint density at radius 3 is 2.82 bits per heavy atom. The van der Waals surface area contributed by atoms with Crippen LogP contribution in [-0.2, 0) is 27.8 Å². The van der Waals surface area contributed by atoms with Crippen LogP contribution < -0.4 is 4.72 Å². The van der Waals surface area contributed by atoms with Crippen molar-refractivity contribution in [1.82, 2.24) is 14.5 Å². The van der Waals surface area contributed by atoms with Crippen LogP contribution in [0.15, 0.2) is 40.6 Å². The lowest BCUT2D eigenvalue weighted by atomic mass is 10.0. The van der Waals surface area contributed by atoms with Gasteiger partial charge in [0, 0.05) is 50.1 Å². The van der Waals surface area contributed by atoms with E-state index >= 15 is 0 Å². The fraction of sp³-hybridized carbons (Fsp3) is 0.421. The van der Waals surface area contributed by atoms with Gasteiger partial charge in [0.25, 0.3) is 0 Å². The molecule has 0 bridgehead atoms. The van der Waals surface area contributed by atoms with Crippen molar-refractivity contribution < 1.29 is 17.6 Å². The number of nitrogens with one attached hydrogen (secondary N) is 1. The molecule has 1 N–H and O–H groups in total. The van der Waals surface area contributed by atoms with Crippen molar-refractivity contribution in [3.8, 4) is 0 Å². The lowest BCUT2D eigenvalue weighted by Gasteiger charge is -2.46. The highest BCUT2D eigenvalue weighted by atomic mass is 32.2. The van der Waals surface area contributed by atoms with Crippen LogP contribution in [0.3, 0.4) is 0 Å². The minimum absolute atomic E-state index is 0.0430. The molecule has 2 aliphatic heterocycles. The second-order valence-electron chi connectivity index (χ2n) is 7.12. The first-order valence-electron chi connectivity index (χ1n) is 9.25. The number of fused-ring (bicyclic) bond motifs is 1. The van der Waals surface area contributed by atoms with Crippen LogP contribution in [0.5, 0.6) is 0 Å². The molecule has 0 saturated carbocycles. The normalized spacial score (nSPS) is 18.0. The second kappa shape index (κ2) is 7.90. The van der Waals surface area contributed by atoms with Gasteiger partial charge in [-0.1, -0.05) is 12.1 Å². The molecule has 1 aromatic carbocycles. The quantitative estimate of drug-likeness (QED) is 0.770. The number of hydrogen-bond acceptors (Lipinski definition) is 5. The molecule has 1 aromatic heterocycles. The summed E-state index contributed by atoms with van der Waals surface area (Å²) in [5, 5.41) is 2.13. The third-order valence-electron chi connectivity index (χ3n) is 5.33. The molecule has 2 aliphatic rings. The van der Waals surface area contributed by atoms with Gasteiger partial charge in [0.15, 0.2) is 0 Å². The molecule has 2 aromatic rings. The summed E-state index contributed by atoms with van der Waals surface area (Å²) in [6.45, 7) is 3.27. The number of halogens is 1.